The van der Waals surface area contributed by atoms with Gasteiger partial charge in [0.05, 0.1) is 0 Å². The highest BCUT2D eigenvalue weighted by Crippen LogP contribution is 2.21. The molecule has 2 aromatic carbocycles. The molecule has 0 unspecified atom stereocenters. The van der Waals surface area contributed by atoms with E-state index in [1.165, 1.54) is 5.56 Å². The number of nitrogens with one attached hydrogen (secondary N) is 1. The zero-order valence-electron chi connectivity index (χ0n) is 11.7. The van der Waals surface area contributed by atoms with Gasteiger partial charge in [-0.25, -0.2) is 0 Å². The van der Waals surface area contributed by atoms with Crippen molar-refractivity contribution >= 4 is 11.4 Å². The molecule has 0 fully saturated rings. The molecule has 0 saturated heterocycles. The molecule has 0 amide bonds. The van der Waals surface area contributed by atoms with Crippen LogP contribution in [0.4, 0.5) is 11.4 Å². The van der Waals surface area contributed by atoms with Gasteiger partial charge in [0.1, 0.15) is 0 Å². The number of rotatable bonds is 5. The van der Waals surface area contributed by atoms with Gasteiger partial charge in [-0.3, -0.25) is 0 Å². The first-order chi connectivity index (χ1) is 9.05. The third-order valence-corrected chi connectivity index (χ3v) is 3.25. The van der Waals surface area contributed by atoms with Gasteiger partial charge in [0.2, 0.25) is 0 Å². The molecule has 2 rings (SSSR count). The number of nitrogen functional groups attached to an aromatic ring is 1. The highest BCUT2D eigenvalue weighted by atomic mass is 15.0. The highest BCUT2D eigenvalue weighted by Gasteiger charge is 2.17. The van der Waals surface area contributed by atoms with E-state index < -0.39 is 0 Å². The Labute approximate surface area is 115 Å². The van der Waals surface area contributed by atoms with Crippen molar-refractivity contribution in [2.45, 2.75) is 32.2 Å². The molecule has 2 nitrogen and oxygen atoms in total. The predicted octanol–water partition coefficient (Wildman–Crippen LogP) is 4.09. The first kappa shape index (κ1) is 13.5. The molecule has 0 heterocycles. The van der Waals surface area contributed by atoms with Crippen LogP contribution in [0.1, 0.15) is 25.8 Å². The van der Waals surface area contributed by atoms with Crippen LogP contribution in [0, 0.1) is 0 Å². The summed E-state index contributed by atoms with van der Waals surface area (Å²) >= 11 is 0. The summed E-state index contributed by atoms with van der Waals surface area (Å²) in [5.74, 6) is 0. The van der Waals surface area contributed by atoms with Crippen LogP contribution in [0.3, 0.4) is 0 Å². The van der Waals surface area contributed by atoms with Crippen LogP contribution in [0.15, 0.2) is 54.6 Å². The molecule has 0 aromatic heterocycles. The Morgan fingerprint density at radius 1 is 1.00 bits per heavy atom. The smallest absolute Gasteiger partial charge is 0.0364 e. The molecule has 100 valence electrons. The normalized spacial score (nSPS) is 11.3. The lowest BCUT2D eigenvalue weighted by atomic mass is 9.95. The first-order valence-electron chi connectivity index (χ1n) is 6.73. The van der Waals surface area contributed by atoms with E-state index in [0.29, 0.717) is 0 Å². The Kier molecular flexibility index (Phi) is 4.10. The van der Waals surface area contributed by atoms with Gasteiger partial charge in [0.15, 0.2) is 0 Å². The summed E-state index contributed by atoms with van der Waals surface area (Å²) in [6, 6.07) is 18.5. The summed E-state index contributed by atoms with van der Waals surface area (Å²) < 4.78 is 0. The van der Waals surface area contributed by atoms with Crippen molar-refractivity contribution in [3.8, 4) is 0 Å². The zero-order chi connectivity index (χ0) is 13.7. The fourth-order valence-corrected chi connectivity index (χ4v) is 2.17. The molecule has 3 N–H and O–H groups in total. The van der Waals surface area contributed by atoms with Crippen molar-refractivity contribution in [2.24, 2.45) is 0 Å². The molecule has 0 bridgehead atoms. The lowest BCUT2D eigenvalue weighted by Crippen LogP contribution is -2.31. The number of anilines is 2. The number of hydrogen-bond donors (Lipinski definition) is 2. The predicted molar refractivity (Wildman–Crippen MR) is 83.3 cm³/mol. The number of benzene rings is 2. The average Bonchev–Trinajstić information content (AvgIpc) is 2.37. The van der Waals surface area contributed by atoms with Crippen molar-refractivity contribution in [1.82, 2.24) is 0 Å². The summed E-state index contributed by atoms with van der Waals surface area (Å²) in [5, 5.41) is 3.55. The van der Waals surface area contributed by atoms with E-state index in [0.717, 1.165) is 24.2 Å². The van der Waals surface area contributed by atoms with Gasteiger partial charge in [-0.05, 0) is 50.5 Å². The monoisotopic (exact) mass is 254 g/mol. The van der Waals surface area contributed by atoms with Crippen LogP contribution in [-0.2, 0) is 6.42 Å². The third kappa shape index (κ3) is 4.32. The van der Waals surface area contributed by atoms with E-state index in [9.17, 15) is 0 Å². The Morgan fingerprint density at radius 2 is 1.74 bits per heavy atom. The molecule has 0 aliphatic carbocycles. The number of nitrogens with two attached hydrogens (primary N) is 1. The van der Waals surface area contributed by atoms with Crippen molar-refractivity contribution in [3.05, 3.63) is 60.2 Å². The van der Waals surface area contributed by atoms with Crippen LogP contribution < -0.4 is 11.1 Å². The second-order valence-electron chi connectivity index (χ2n) is 5.62. The maximum Gasteiger partial charge on any atom is 0.0364 e. The quantitative estimate of drug-likeness (QED) is 0.789. The average molecular weight is 254 g/mol. The van der Waals surface area contributed by atoms with Crippen LogP contribution in [0.2, 0.25) is 0 Å². The largest absolute Gasteiger partial charge is 0.399 e. The van der Waals surface area contributed by atoms with Gasteiger partial charge >= 0.3 is 0 Å². The van der Waals surface area contributed by atoms with E-state index >= 15 is 0 Å². The van der Waals surface area contributed by atoms with Crippen molar-refractivity contribution in [2.75, 3.05) is 11.1 Å². The molecular formula is C17H22N2. The molecule has 0 spiro atoms. The SMILES string of the molecule is CC(C)(CCc1ccccc1)Nc1cccc(N)c1. The molecule has 19 heavy (non-hydrogen) atoms. The first-order valence-corrected chi connectivity index (χ1v) is 6.73. The van der Waals surface area contributed by atoms with E-state index in [1.807, 2.05) is 18.2 Å². The number of aryl methyl sites for hydroxylation is 1. The van der Waals surface area contributed by atoms with Crippen molar-refractivity contribution < 1.29 is 0 Å². The zero-order valence-corrected chi connectivity index (χ0v) is 11.7. The van der Waals surface area contributed by atoms with E-state index in [4.69, 9.17) is 5.73 Å². The molecule has 0 radical (unpaired) electrons. The maximum absolute atomic E-state index is 5.80. The Bertz CT molecular complexity index is 518. The Hall–Kier alpha value is -1.96. The van der Waals surface area contributed by atoms with Gasteiger partial charge in [-0.1, -0.05) is 36.4 Å². The minimum absolute atomic E-state index is 0.0453. The third-order valence-electron chi connectivity index (χ3n) is 3.25. The Balaban J connectivity index is 1.95. The van der Waals surface area contributed by atoms with Crippen molar-refractivity contribution in [3.63, 3.8) is 0 Å². The fourth-order valence-electron chi connectivity index (χ4n) is 2.17. The second-order valence-corrected chi connectivity index (χ2v) is 5.62. The molecular weight excluding hydrogens is 232 g/mol. The van der Waals surface area contributed by atoms with Crippen LogP contribution in [-0.4, -0.2) is 5.54 Å². The number of hydrogen-bond acceptors (Lipinski definition) is 2. The maximum atomic E-state index is 5.80. The van der Waals surface area contributed by atoms with Crippen LogP contribution >= 0.6 is 0 Å². The minimum atomic E-state index is 0.0453. The topological polar surface area (TPSA) is 38.0 Å². The van der Waals surface area contributed by atoms with Crippen LogP contribution in [0.5, 0.6) is 0 Å². The van der Waals surface area contributed by atoms with E-state index in [-0.39, 0.29) is 5.54 Å². The molecule has 2 heteroatoms. The summed E-state index contributed by atoms with van der Waals surface area (Å²) in [5.41, 5.74) is 9.10. The van der Waals surface area contributed by atoms with E-state index in [1.54, 1.807) is 0 Å². The lowest BCUT2D eigenvalue weighted by molar-refractivity contribution is 0.519. The molecule has 0 aliphatic heterocycles. The molecule has 0 atom stereocenters. The van der Waals surface area contributed by atoms with Crippen molar-refractivity contribution in [1.29, 1.82) is 0 Å². The summed E-state index contributed by atoms with van der Waals surface area (Å²) in [4.78, 5) is 0. The Morgan fingerprint density at radius 3 is 2.42 bits per heavy atom. The molecule has 0 aliphatic rings. The summed E-state index contributed by atoms with van der Waals surface area (Å²) in [7, 11) is 0. The standard InChI is InChI=1S/C17H22N2/c1-17(2,12-11-14-7-4-3-5-8-14)19-16-10-6-9-15(18)13-16/h3-10,13,19H,11-12,18H2,1-2H3. The van der Waals surface area contributed by atoms with Crippen LogP contribution in [0.25, 0.3) is 0 Å². The molecule has 0 saturated carbocycles. The summed E-state index contributed by atoms with van der Waals surface area (Å²) in [6.45, 7) is 4.44. The van der Waals surface area contributed by atoms with Gasteiger partial charge in [-0.15, -0.1) is 0 Å². The summed E-state index contributed by atoms with van der Waals surface area (Å²) in [6.07, 6.45) is 2.15. The van der Waals surface area contributed by atoms with Gasteiger partial charge in [0, 0.05) is 16.9 Å². The lowest BCUT2D eigenvalue weighted by Gasteiger charge is -2.28. The van der Waals surface area contributed by atoms with Gasteiger partial charge < -0.3 is 11.1 Å². The fraction of sp³-hybridized carbons (Fsp3) is 0.294. The molecule has 2 aromatic rings. The van der Waals surface area contributed by atoms with E-state index in [2.05, 4.69) is 55.6 Å². The van der Waals surface area contributed by atoms with Gasteiger partial charge in [-0.2, -0.15) is 0 Å². The van der Waals surface area contributed by atoms with Gasteiger partial charge in [0.25, 0.3) is 0 Å². The highest BCUT2D eigenvalue weighted by molar-refractivity contribution is 5.55. The second kappa shape index (κ2) is 5.79. The minimum Gasteiger partial charge on any atom is -0.399 e.